The first kappa shape index (κ1) is 22.6. The van der Waals surface area contributed by atoms with Crippen LogP contribution in [0.4, 0.5) is 14.9 Å². The van der Waals surface area contributed by atoms with Gasteiger partial charge in [-0.1, -0.05) is 0 Å². The number of halogens is 1. The summed E-state index contributed by atoms with van der Waals surface area (Å²) < 4.78 is 25.5. The molecule has 2 N–H and O–H groups in total. The average molecular weight is 447 g/mol. The van der Waals surface area contributed by atoms with E-state index in [0.29, 0.717) is 10.6 Å². The van der Waals surface area contributed by atoms with Crippen molar-refractivity contribution in [2.45, 2.75) is 56.6 Å². The number of fused-ring (bicyclic) bond motifs is 1. The van der Waals surface area contributed by atoms with Crippen molar-refractivity contribution in [3.05, 3.63) is 23.8 Å². The number of ether oxygens (including phenoxy) is 1. The van der Waals surface area contributed by atoms with Gasteiger partial charge < -0.3 is 19.8 Å². The van der Waals surface area contributed by atoms with Crippen molar-refractivity contribution >= 4 is 29.4 Å². The Balaban J connectivity index is 1.83. The number of anilines is 1. The number of hydrogen-bond acceptors (Lipinski definition) is 8. The number of thioether (sulfide) groups is 1. The first-order valence-corrected chi connectivity index (χ1v) is 10.4. The van der Waals surface area contributed by atoms with Crippen LogP contribution in [0.3, 0.4) is 0 Å². The maximum atomic E-state index is 14.8. The molecule has 3 rings (SSSR count). The normalized spacial score (nSPS) is 16.5. The van der Waals surface area contributed by atoms with Crippen LogP contribution >= 0.6 is 11.8 Å². The van der Waals surface area contributed by atoms with Gasteiger partial charge in [-0.3, -0.25) is 4.79 Å². The lowest BCUT2D eigenvalue weighted by Gasteiger charge is -2.22. The summed E-state index contributed by atoms with van der Waals surface area (Å²) in [7, 11) is 0. The van der Waals surface area contributed by atoms with E-state index in [1.54, 1.807) is 34.6 Å². The molecule has 11 heteroatoms. The van der Waals surface area contributed by atoms with Crippen molar-refractivity contribution in [3.63, 3.8) is 0 Å². The molecule has 1 aromatic carbocycles. The second-order valence-electron chi connectivity index (χ2n) is 8.48. The highest BCUT2D eigenvalue weighted by atomic mass is 32.2. The molecular formula is C20H22FN5O4S. The smallest absolute Gasteiger partial charge is 0.408 e. The molecule has 1 atom stereocenters. The number of aromatic nitrogens is 2. The molecule has 0 fully saturated rings. The van der Waals surface area contributed by atoms with Crippen LogP contribution in [0.25, 0.3) is 11.5 Å². The molecule has 2 aromatic rings. The first-order valence-electron chi connectivity index (χ1n) is 9.42. The van der Waals surface area contributed by atoms with Gasteiger partial charge in [-0.25, -0.2) is 9.18 Å². The van der Waals surface area contributed by atoms with Gasteiger partial charge in [0.05, 0.1) is 17.3 Å². The Labute approximate surface area is 182 Å². The lowest BCUT2D eigenvalue weighted by molar-refractivity contribution is -0.117. The van der Waals surface area contributed by atoms with Crippen LogP contribution in [0.1, 0.15) is 40.5 Å². The maximum absolute atomic E-state index is 14.8. The Kier molecular flexibility index (Phi) is 5.96. The minimum absolute atomic E-state index is 0.00862. The Morgan fingerprint density at radius 1 is 1.35 bits per heavy atom. The third-order valence-electron chi connectivity index (χ3n) is 4.21. The van der Waals surface area contributed by atoms with Gasteiger partial charge in [0.2, 0.25) is 11.8 Å². The van der Waals surface area contributed by atoms with Gasteiger partial charge in [0.15, 0.2) is 0 Å². The van der Waals surface area contributed by atoms with Gasteiger partial charge in [0, 0.05) is 10.6 Å². The van der Waals surface area contributed by atoms with Crippen LogP contribution in [-0.2, 0) is 14.9 Å². The number of carbonyl (C=O) groups excluding carboxylic acids is 2. The molecule has 0 radical (unpaired) electrons. The largest absolute Gasteiger partial charge is 0.444 e. The summed E-state index contributed by atoms with van der Waals surface area (Å²) in [4.78, 5) is 25.1. The molecule has 2 heterocycles. The minimum Gasteiger partial charge on any atom is -0.444 e. The van der Waals surface area contributed by atoms with Crippen molar-refractivity contribution < 1.29 is 23.1 Å². The number of nitrogens with one attached hydrogen (secondary N) is 2. The van der Waals surface area contributed by atoms with E-state index in [-0.39, 0.29) is 23.1 Å². The fraction of sp³-hybridized carbons (Fsp3) is 0.450. The summed E-state index contributed by atoms with van der Waals surface area (Å²) in [6.07, 6.45) is -0.718. The number of amides is 2. The number of carbonyl (C=O) groups is 2. The molecule has 9 nitrogen and oxygen atoms in total. The molecule has 0 unspecified atom stereocenters. The lowest BCUT2D eigenvalue weighted by Crippen LogP contribution is -2.46. The number of nitriles is 1. The summed E-state index contributed by atoms with van der Waals surface area (Å²) >= 11 is 1.21. The zero-order valence-corrected chi connectivity index (χ0v) is 18.5. The maximum Gasteiger partial charge on any atom is 0.408 e. The molecule has 2 amide bonds. The van der Waals surface area contributed by atoms with Gasteiger partial charge >= 0.3 is 6.09 Å². The van der Waals surface area contributed by atoms with Crippen LogP contribution in [0.5, 0.6) is 0 Å². The number of nitrogens with zero attached hydrogens (tertiary/aromatic N) is 3. The highest BCUT2D eigenvalue weighted by Crippen LogP contribution is 2.37. The molecule has 1 aliphatic heterocycles. The topological polar surface area (TPSA) is 130 Å². The van der Waals surface area contributed by atoms with Gasteiger partial charge in [-0.2, -0.15) is 5.26 Å². The van der Waals surface area contributed by atoms with E-state index in [0.717, 1.165) is 0 Å². The van der Waals surface area contributed by atoms with E-state index >= 15 is 0 Å². The molecule has 0 saturated carbocycles. The SMILES string of the molecule is CC(C)(C)OC(=O)N[C@H]1CSc2cc(F)c(-c3nnc(C(C)(C)C#N)o3)cc2NC1=O. The second-order valence-corrected chi connectivity index (χ2v) is 9.54. The predicted molar refractivity (Wildman–Crippen MR) is 111 cm³/mol. The fourth-order valence-electron chi connectivity index (χ4n) is 2.59. The molecule has 0 bridgehead atoms. The third kappa shape index (κ3) is 5.14. The van der Waals surface area contributed by atoms with Crippen molar-refractivity contribution in [1.82, 2.24) is 15.5 Å². The zero-order chi connectivity index (χ0) is 23.0. The number of benzene rings is 1. The molecule has 0 saturated heterocycles. The molecule has 0 aliphatic carbocycles. The summed E-state index contributed by atoms with van der Waals surface area (Å²) in [6, 6.07) is 3.82. The predicted octanol–water partition coefficient (Wildman–Crippen LogP) is 3.61. The summed E-state index contributed by atoms with van der Waals surface area (Å²) in [5.41, 5.74) is -1.40. The monoisotopic (exact) mass is 447 g/mol. The molecule has 1 aliphatic rings. The molecular weight excluding hydrogens is 425 g/mol. The van der Waals surface area contributed by atoms with Crippen LogP contribution in [0.2, 0.25) is 0 Å². The number of hydrogen-bond donors (Lipinski definition) is 2. The van der Waals surface area contributed by atoms with E-state index in [2.05, 4.69) is 20.8 Å². The highest BCUT2D eigenvalue weighted by Gasteiger charge is 2.31. The Morgan fingerprint density at radius 3 is 2.71 bits per heavy atom. The van der Waals surface area contributed by atoms with Crippen molar-refractivity contribution in [2.24, 2.45) is 0 Å². The van der Waals surface area contributed by atoms with E-state index < -0.39 is 34.9 Å². The van der Waals surface area contributed by atoms with Crippen molar-refractivity contribution in [1.29, 1.82) is 5.26 Å². The molecule has 1 aromatic heterocycles. The van der Waals surface area contributed by atoms with Gasteiger partial charge in [0.1, 0.15) is 22.9 Å². The van der Waals surface area contributed by atoms with Gasteiger partial charge in [0.25, 0.3) is 5.89 Å². The zero-order valence-electron chi connectivity index (χ0n) is 17.7. The lowest BCUT2D eigenvalue weighted by atomic mass is 9.96. The van der Waals surface area contributed by atoms with E-state index in [9.17, 15) is 19.2 Å². The minimum atomic E-state index is -1.03. The van der Waals surface area contributed by atoms with Crippen LogP contribution < -0.4 is 10.6 Å². The van der Waals surface area contributed by atoms with E-state index in [4.69, 9.17) is 9.15 Å². The summed E-state index contributed by atoms with van der Waals surface area (Å²) in [6.45, 7) is 8.36. The first-order chi connectivity index (χ1) is 14.4. The quantitative estimate of drug-likeness (QED) is 0.730. The Hall–Kier alpha value is -3.13. The summed E-state index contributed by atoms with van der Waals surface area (Å²) in [5.74, 6) is -0.946. The van der Waals surface area contributed by atoms with Gasteiger partial charge in [-0.05, 0) is 46.8 Å². The van der Waals surface area contributed by atoms with Gasteiger partial charge in [-0.15, -0.1) is 22.0 Å². The second kappa shape index (κ2) is 8.19. The Bertz CT molecular complexity index is 1070. The number of rotatable bonds is 3. The highest BCUT2D eigenvalue weighted by molar-refractivity contribution is 7.99. The standard InChI is InChI=1S/C20H22FN5O4S/c1-19(2,3)30-18(28)24-13-8-31-14-7-11(21)10(6-12(14)23-15(13)27)16-25-26-17(29-16)20(4,5)9-22/h6-7,13H,8H2,1-5H3,(H,23,27)(H,24,28)/t13-/m0/s1. The summed E-state index contributed by atoms with van der Waals surface area (Å²) in [5, 5.41) is 22.1. The van der Waals surface area contributed by atoms with E-state index in [1.165, 1.54) is 23.9 Å². The van der Waals surface area contributed by atoms with E-state index in [1.807, 2.05) is 6.07 Å². The molecule has 0 spiro atoms. The van der Waals surface area contributed by atoms with Crippen molar-refractivity contribution in [3.8, 4) is 17.5 Å². The van der Waals surface area contributed by atoms with Crippen LogP contribution in [0.15, 0.2) is 21.4 Å². The van der Waals surface area contributed by atoms with Crippen LogP contribution in [-0.4, -0.2) is 39.6 Å². The fourth-order valence-corrected chi connectivity index (χ4v) is 3.63. The van der Waals surface area contributed by atoms with Crippen molar-refractivity contribution in [2.75, 3.05) is 11.1 Å². The molecule has 164 valence electrons. The molecule has 31 heavy (non-hydrogen) atoms. The average Bonchev–Trinajstić information content (AvgIpc) is 3.10. The van der Waals surface area contributed by atoms with Crippen LogP contribution in [0, 0.1) is 17.1 Å². The number of alkyl carbamates (subject to hydrolysis) is 1. The Morgan fingerprint density at radius 2 is 2.06 bits per heavy atom. The third-order valence-corrected chi connectivity index (χ3v) is 5.36.